The van der Waals surface area contributed by atoms with Crippen LogP contribution in [0.1, 0.15) is 29.6 Å². The lowest BCUT2D eigenvalue weighted by Gasteiger charge is -2.51. The van der Waals surface area contributed by atoms with Crippen molar-refractivity contribution >= 4 is 23.3 Å². The molecule has 27 heavy (non-hydrogen) atoms. The number of carbonyl (C=O) groups excluding carboxylic acids is 1. The molecule has 0 saturated carbocycles. The van der Waals surface area contributed by atoms with E-state index in [9.17, 15) is 9.90 Å². The summed E-state index contributed by atoms with van der Waals surface area (Å²) in [5, 5.41) is 11.5. The van der Waals surface area contributed by atoms with Gasteiger partial charge in [0.15, 0.2) is 0 Å². The summed E-state index contributed by atoms with van der Waals surface area (Å²) in [5.41, 5.74) is 0.387. The van der Waals surface area contributed by atoms with Gasteiger partial charge in [0.25, 0.3) is 5.91 Å². The number of nitrogens with zero attached hydrogens (tertiary/aromatic N) is 3. The maximum Gasteiger partial charge on any atom is 0.253 e. The van der Waals surface area contributed by atoms with Gasteiger partial charge in [-0.1, -0.05) is 29.8 Å². The lowest BCUT2D eigenvalue weighted by molar-refractivity contribution is -0.0362. The second-order valence-corrected chi connectivity index (χ2v) is 8.06. The van der Waals surface area contributed by atoms with Crippen LogP contribution in [0.5, 0.6) is 0 Å². The summed E-state index contributed by atoms with van der Waals surface area (Å²) in [7, 11) is 0. The van der Waals surface area contributed by atoms with E-state index < -0.39 is 6.10 Å². The summed E-state index contributed by atoms with van der Waals surface area (Å²) < 4.78 is 0. The van der Waals surface area contributed by atoms with E-state index in [4.69, 9.17) is 11.6 Å². The zero-order valence-corrected chi connectivity index (χ0v) is 16.0. The van der Waals surface area contributed by atoms with E-state index in [1.807, 2.05) is 47.4 Å². The number of benzene rings is 1. The highest BCUT2D eigenvalue weighted by atomic mass is 35.5. The number of carbonyl (C=O) groups is 1. The Labute approximate surface area is 164 Å². The molecule has 1 aromatic carbocycles. The number of anilines is 1. The van der Waals surface area contributed by atoms with Crippen LogP contribution in [0.15, 0.2) is 48.7 Å². The number of halogens is 1. The molecule has 5 nitrogen and oxygen atoms in total. The molecule has 1 aromatic heterocycles. The Bertz CT molecular complexity index is 799. The van der Waals surface area contributed by atoms with Gasteiger partial charge in [-0.2, -0.15) is 0 Å². The van der Waals surface area contributed by atoms with Crippen LogP contribution in [0.2, 0.25) is 5.02 Å². The van der Waals surface area contributed by atoms with Crippen LogP contribution in [-0.2, 0) is 0 Å². The molecular formula is C21H24ClN3O2. The predicted octanol–water partition coefficient (Wildman–Crippen LogP) is 3.23. The molecule has 0 radical (unpaired) electrons. The summed E-state index contributed by atoms with van der Waals surface area (Å²) in [6.45, 7) is 2.76. The van der Waals surface area contributed by atoms with Gasteiger partial charge < -0.3 is 14.9 Å². The molecule has 0 unspecified atom stereocenters. The number of aromatic nitrogens is 1. The topological polar surface area (TPSA) is 56.7 Å². The molecule has 2 aromatic rings. The molecule has 1 N–H and O–H groups in total. The van der Waals surface area contributed by atoms with E-state index in [-0.39, 0.29) is 11.3 Å². The van der Waals surface area contributed by atoms with Crippen LogP contribution < -0.4 is 4.90 Å². The third kappa shape index (κ3) is 3.66. The molecule has 142 valence electrons. The first-order chi connectivity index (χ1) is 13.1. The third-order valence-electron chi connectivity index (χ3n) is 5.84. The Hall–Kier alpha value is -2.11. The molecule has 4 rings (SSSR count). The zero-order chi connectivity index (χ0) is 18.9. The highest BCUT2D eigenvalue weighted by Crippen LogP contribution is 2.40. The fourth-order valence-corrected chi connectivity index (χ4v) is 4.51. The van der Waals surface area contributed by atoms with Crippen molar-refractivity contribution in [3.8, 4) is 0 Å². The van der Waals surface area contributed by atoms with Gasteiger partial charge in [0.2, 0.25) is 0 Å². The number of piperidine rings is 2. The van der Waals surface area contributed by atoms with Crippen molar-refractivity contribution in [2.75, 3.05) is 31.1 Å². The van der Waals surface area contributed by atoms with E-state index in [1.165, 1.54) is 0 Å². The number of rotatable bonds is 2. The molecule has 0 aliphatic carbocycles. The highest BCUT2D eigenvalue weighted by molar-refractivity contribution is 6.30. The van der Waals surface area contributed by atoms with Crippen molar-refractivity contribution in [3.63, 3.8) is 0 Å². The van der Waals surface area contributed by atoms with Crippen molar-refractivity contribution < 1.29 is 9.90 Å². The van der Waals surface area contributed by atoms with Crippen LogP contribution in [0, 0.1) is 5.41 Å². The summed E-state index contributed by atoms with van der Waals surface area (Å²) in [4.78, 5) is 21.5. The van der Waals surface area contributed by atoms with E-state index >= 15 is 0 Å². The zero-order valence-electron chi connectivity index (χ0n) is 15.2. The van der Waals surface area contributed by atoms with Gasteiger partial charge >= 0.3 is 0 Å². The van der Waals surface area contributed by atoms with Crippen LogP contribution in [0.4, 0.5) is 5.82 Å². The van der Waals surface area contributed by atoms with Crippen LogP contribution in [0.25, 0.3) is 0 Å². The van der Waals surface area contributed by atoms with Gasteiger partial charge in [0, 0.05) is 43.4 Å². The Morgan fingerprint density at radius 1 is 1.15 bits per heavy atom. The quantitative estimate of drug-likeness (QED) is 0.862. The van der Waals surface area contributed by atoms with Gasteiger partial charge in [-0.15, -0.1) is 0 Å². The van der Waals surface area contributed by atoms with Crippen molar-refractivity contribution in [2.45, 2.75) is 25.4 Å². The first-order valence-corrected chi connectivity index (χ1v) is 9.84. The minimum atomic E-state index is -0.410. The molecule has 2 fully saturated rings. The number of pyridine rings is 1. The summed E-state index contributed by atoms with van der Waals surface area (Å²) >= 11 is 5.96. The average molecular weight is 386 g/mol. The number of aliphatic hydroxyl groups excluding tert-OH is 1. The standard InChI is InChI=1S/C21H24ClN3O2/c22-17-7-8-19(23-13-17)24-12-9-18(26)21(14-24)10-4-11-25(15-21)20(27)16-5-2-1-3-6-16/h1-3,5-8,13,18,26H,4,9-12,14-15H2/t18-,21-/m1/s1. The lowest BCUT2D eigenvalue weighted by Crippen LogP contribution is -2.60. The maximum absolute atomic E-state index is 12.9. The number of hydrogen-bond acceptors (Lipinski definition) is 4. The molecule has 3 heterocycles. The monoisotopic (exact) mass is 385 g/mol. The smallest absolute Gasteiger partial charge is 0.253 e. The second-order valence-electron chi connectivity index (χ2n) is 7.62. The van der Waals surface area contributed by atoms with Gasteiger partial charge in [-0.05, 0) is 43.5 Å². The summed E-state index contributed by atoms with van der Waals surface area (Å²) in [6, 6.07) is 13.1. The van der Waals surface area contributed by atoms with Crippen LogP contribution in [0.3, 0.4) is 0 Å². The molecule has 0 bridgehead atoms. The minimum absolute atomic E-state index is 0.0450. The van der Waals surface area contributed by atoms with Gasteiger partial charge in [0.05, 0.1) is 11.1 Å². The van der Waals surface area contributed by atoms with Gasteiger partial charge in [-0.3, -0.25) is 4.79 Å². The number of hydrogen-bond donors (Lipinski definition) is 1. The predicted molar refractivity (Wildman–Crippen MR) is 106 cm³/mol. The first-order valence-electron chi connectivity index (χ1n) is 9.46. The molecule has 2 aliphatic rings. The minimum Gasteiger partial charge on any atom is -0.392 e. The summed E-state index contributed by atoms with van der Waals surface area (Å²) in [6.07, 6.45) is 3.74. The van der Waals surface area contributed by atoms with E-state index in [2.05, 4.69) is 9.88 Å². The maximum atomic E-state index is 12.9. The summed E-state index contributed by atoms with van der Waals surface area (Å²) in [5.74, 6) is 0.917. The van der Waals surface area contributed by atoms with E-state index in [1.54, 1.807) is 6.20 Å². The molecule has 2 atom stereocenters. The second kappa shape index (κ2) is 7.49. The molecule has 6 heteroatoms. The number of aliphatic hydroxyl groups is 1. The fourth-order valence-electron chi connectivity index (χ4n) is 4.40. The molecule has 1 amide bonds. The van der Waals surface area contributed by atoms with Crippen molar-refractivity contribution in [1.29, 1.82) is 0 Å². The Morgan fingerprint density at radius 3 is 2.70 bits per heavy atom. The van der Waals surface area contributed by atoms with Gasteiger partial charge in [-0.25, -0.2) is 4.98 Å². The van der Waals surface area contributed by atoms with E-state index in [0.29, 0.717) is 30.1 Å². The third-order valence-corrected chi connectivity index (χ3v) is 6.06. The first kappa shape index (κ1) is 18.3. The molecule has 2 saturated heterocycles. The van der Waals surface area contributed by atoms with Crippen LogP contribution in [-0.4, -0.2) is 53.2 Å². The van der Waals surface area contributed by atoms with Crippen molar-refractivity contribution in [1.82, 2.24) is 9.88 Å². The molecule has 1 spiro atoms. The number of amides is 1. The largest absolute Gasteiger partial charge is 0.392 e. The lowest BCUT2D eigenvalue weighted by atomic mass is 9.71. The fraction of sp³-hybridized carbons (Fsp3) is 0.429. The number of likely N-dealkylation sites (tertiary alicyclic amines) is 1. The normalized spacial score (nSPS) is 25.6. The highest BCUT2D eigenvalue weighted by Gasteiger charge is 2.46. The van der Waals surface area contributed by atoms with E-state index in [0.717, 1.165) is 31.7 Å². The Balaban J connectivity index is 1.54. The van der Waals surface area contributed by atoms with Crippen molar-refractivity contribution in [2.24, 2.45) is 5.41 Å². The SMILES string of the molecule is O=C(c1ccccc1)N1CCC[C@]2(C1)CN(c1ccc(Cl)cn1)CC[C@H]2O. The Morgan fingerprint density at radius 2 is 1.96 bits per heavy atom. The molecule has 2 aliphatic heterocycles. The Kier molecular flexibility index (Phi) is 5.06. The van der Waals surface area contributed by atoms with Gasteiger partial charge in [0.1, 0.15) is 5.82 Å². The van der Waals surface area contributed by atoms with Crippen LogP contribution >= 0.6 is 11.6 Å². The molecular weight excluding hydrogens is 362 g/mol. The van der Waals surface area contributed by atoms with Crippen molar-refractivity contribution in [3.05, 3.63) is 59.2 Å². The average Bonchev–Trinajstić information content (AvgIpc) is 2.71.